The summed E-state index contributed by atoms with van der Waals surface area (Å²) in [5, 5.41) is 3.34. The number of nitrogens with one attached hydrogen (secondary N) is 2. The molecule has 9 heteroatoms. The molecule has 116 valence electrons. The molecule has 0 bridgehead atoms. The second-order valence-corrected chi connectivity index (χ2v) is 9.08. The molecule has 2 N–H and O–H groups in total. The van der Waals surface area contributed by atoms with Gasteiger partial charge in [-0.1, -0.05) is 0 Å². The van der Waals surface area contributed by atoms with Crippen molar-refractivity contribution in [3.8, 4) is 0 Å². The summed E-state index contributed by atoms with van der Waals surface area (Å²) < 4.78 is 33.3. The highest BCUT2D eigenvalue weighted by atomic mass is 79.9. The summed E-state index contributed by atoms with van der Waals surface area (Å²) in [7, 11) is -1.81. The summed E-state index contributed by atoms with van der Waals surface area (Å²) >= 11 is 4.48. The summed E-state index contributed by atoms with van der Waals surface area (Å²) in [5.74, 6) is 0. The molecular formula is C11H18BrClN2O3S2. The second kappa shape index (κ2) is 7.53. The van der Waals surface area contributed by atoms with Gasteiger partial charge in [-0.25, -0.2) is 13.1 Å². The number of hydrogen-bond donors (Lipinski definition) is 2. The maximum Gasteiger partial charge on any atom is 0.250 e. The van der Waals surface area contributed by atoms with E-state index in [2.05, 4.69) is 26.0 Å². The van der Waals surface area contributed by atoms with Gasteiger partial charge in [0.25, 0.3) is 0 Å². The Kier molecular flexibility index (Phi) is 6.91. The van der Waals surface area contributed by atoms with Gasteiger partial charge in [-0.2, -0.15) is 0 Å². The van der Waals surface area contributed by atoms with Crippen molar-refractivity contribution in [2.24, 2.45) is 0 Å². The summed E-state index contributed by atoms with van der Waals surface area (Å²) in [6.45, 7) is 1.75. The maximum atomic E-state index is 12.2. The Morgan fingerprint density at radius 2 is 2.30 bits per heavy atom. The van der Waals surface area contributed by atoms with E-state index in [1.807, 2.05) is 0 Å². The third-order valence-corrected chi connectivity index (χ3v) is 6.68. The van der Waals surface area contributed by atoms with Crippen molar-refractivity contribution < 1.29 is 13.2 Å². The predicted octanol–water partition coefficient (Wildman–Crippen LogP) is 1.98. The largest absolute Gasteiger partial charge is 0.383 e. The fourth-order valence-corrected chi connectivity index (χ4v) is 5.40. The minimum atomic E-state index is -3.44. The fourth-order valence-electron chi connectivity index (χ4n) is 2.22. The van der Waals surface area contributed by atoms with Crippen LogP contribution in [0.4, 0.5) is 0 Å². The van der Waals surface area contributed by atoms with Crippen LogP contribution in [0.5, 0.6) is 0 Å². The van der Waals surface area contributed by atoms with Crippen LogP contribution >= 0.6 is 39.7 Å². The minimum Gasteiger partial charge on any atom is -0.383 e. The second-order valence-electron chi connectivity index (χ2n) is 4.63. The quantitative estimate of drug-likeness (QED) is 0.759. The van der Waals surface area contributed by atoms with Gasteiger partial charge < -0.3 is 10.1 Å². The number of methoxy groups -OCH3 is 1. The van der Waals surface area contributed by atoms with Gasteiger partial charge in [-0.3, -0.25) is 0 Å². The number of rotatable bonds is 6. The molecule has 2 heterocycles. The van der Waals surface area contributed by atoms with Crippen molar-refractivity contribution in [2.45, 2.75) is 22.6 Å². The van der Waals surface area contributed by atoms with Gasteiger partial charge in [0.1, 0.15) is 4.21 Å². The first kappa shape index (κ1) is 18.3. The maximum absolute atomic E-state index is 12.2. The van der Waals surface area contributed by atoms with E-state index in [-0.39, 0.29) is 17.9 Å². The van der Waals surface area contributed by atoms with Crippen molar-refractivity contribution in [3.05, 3.63) is 15.9 Å². The molecule has 1 atom stereocenters. The standard InChI is InChI=1S/C11H17BrN2O3S2.ClH/c1-17-8-11(5-2-6-13-11)7-14-19(15,16)10-4-3-9(12)18-10;/h3-4,13-14H,2,5-8H2,1H3;1H. The Morgan fingerprint density at radius 1 is 1.55 bits per heavy atom. The zero-order valence-corrected chi connectivity index (χ0v) is 15.1. The lowest BCUT2D eigenvalue weighted by Crippen LogP contribution is -2.52. The highest BCUT2D eigenvalue weighted by Gasteiger charge is 2.35. The highest BCUT2D eigenvalue weighted by molar-refractivity contribution is 9.11. The molecule has 0 aromatic carbocycles. The van der Waals surface area contributed by atoms with Crippen LogP contribution in [0.2, 0.25) is 0 Å². The summed E-state index contributed by atoms with van der Waals surface area (Å²) in [4.78, 5) is 0. The Bertz CT molecular complexity index is 530. The van der Waals surface area contributed by atoms with Crippen LogP contribution in [0.25, 0.3) is 0 Å². The van der Waals surface area contributed by atoms with Crippen LogP contribution in [0.3, 0.4) is 0 Å². The molecule has 0 saturated carbocycles. The van der Waals surface area contributed by atoms with E-state index < -0.39 is 10.0 Å². The van der Waals surface area contributed by atoms with Gasteiger partial charge >= 0.3 is 0 Å². The normalized spacial score (nSPS) is 22.7. The molecule has 2 rings (SSSR count). The lowest BCUT2D eigenvalue weighted by Gasteiger charge is -2.28. The summed E-state index contributed by atoms with van der Waals surface area (Å²) in [6, 6.07) is 3.33. The van der Waals surface area contributed by atoms with Crippen LogP contribution in [-0.2, 0) is 14.8 Å². The van der Waals surface area contributed by atoms with Crippen molar-refractivity contribution >= 4 is 49.7 Å². The third kappa shape index (κ3) is 4.40. The Morgan fingerprint density at radius 3 is 2.80 bits per heavy atom. The van der Waals surface area contributed by atoms with Crippen LogP contribution in [0, 0.1) is 0 Å². The van der Waals surface area contributed by atoms with E-state index in [4.69, 9.17) is 4.74 Å². The predicted molar refractivity (Wildman–Crippen MR) is 86.3 cm³/mol. The molecule has 1 saturated heterocycles. The molecule has 1 fully saturated rings. The van der Waals surface area contributed by atoms with Gasteiger partial charge in [-0.05, 0) is 47.4 Å². The van der Waals surface area contributed by atoms with Crippen molar-refractivity contribution in [3.63, 3.8) is 0 Å². The molecule has 1 aromatic heterocycles. The highest BCUT2D eigenvalue weighted by Crippen LogP contribution is 2.26. The molecule has 0 aliphatic carbocycles. The smallest absolute Gasteiger partial charge is 0.250 e. The molecule has 1 unspecified atom stereocenters. The number of thiophene rings is 1. The molecule has 1 aliphatic heterocycles. The van der Waals surface area contributed by atoms with Gasteiger partial charge in [0.2, 0.25) is 10.0 Å². The SMILES string of the molecule is COCC1(CNS(=O)(=O)c2ccc(Br)s2)CCCN1.Cl. The average molecular weight is 406 g/mol. The first-order valence-electron chi connectivity index (χ1n) is 5.96. The van der Waals surface area contributed by atoms with Gasteiger partial charge in [0.05, 0.1) is 15.9 Å². The van der Waals surface area contributed by atoms with Crippen molar-refractivity contribution in [1.82, 2.24) is 10.0 Å². The zero-order valence-electron chi connectivity index (χ0n) is 11.0. The summed E-state index contributed by atoms with van der Waals surface area (Å²) in [5.41, 5.74) is -0.281. The monoisotopic (exact) mass is 404 g/mol. The number of ether oxygens (including phenoxy) is 1. The first-order chi connectivity index (χ1) is 8.97. The van der Waals surface area contributed by atoms with Gasteiger partial charge in [0.15, 0.2) is 0 Å². The molecule has 5 nitrogen and oxygen atoms in total. The Balaban J connectivity index is 0.00000200. The molecule has 1 aromatic rings. The molecule has 0 amide bonds. The van der Waals surface area contributed by atoms with E-state index in [9.17, 15) is 8.42 Å². The van der Waals surface area contributed by atoms with Crippen molar-refractivity contribution in [1.29, 1.82) is 0 Å². The zero-order chi connectivity index (χ0) is 13.9. The van der Waals surface area contributed by atoms with E-state index in [1.54, 1.807) is 19.2 Å². The number of halogens is 2. The topological polar surface area (TPSA) is 67.4 Å². The Hall–Kier alpha value is 0.300. The fraction of sp³-hybridized carbons (Fsp3) is 0.636. The van der Waals surface area contributed by atoms with E-state index in [0.717, 1.165) is 23.2 Å². The average Bonchev–Trinajstić information content (AvgIpc) is 2.98. The molecule has 0 radical (unpaired) electrons. The Labute approximate surface area is 138 Å². The lowest BCUT2D eigenvalue weighted by atomic mass is 9.99. The van der Waals surface area contributed by atoms with Crippen molar-refractivity contribution in [2.75, 3.05) is 26.8 Å². The molecule has 0 spiro atoms. The third-order valence-electron chi connectivity index (χ3n) is 3.17. The van der Waals surface area contributed by atoms with E-state index in [0.29, 0.717) is 17.4 Å². The van der Waals surface area contributed by atoms with Crippen LogP contribution in [0.15, 0.2) is 20.1 Å². The molecule has 20 heavy (non-hydrogen) atoms. The van der Waals surface area contributed by atoms with Crippen LogP contribution in [0.1, 0.15) is 12.8 Å². The lowest BCUT2D eigenvalue weighted by molar-refractivity contribution is 0.122. The number of hydrogen-bond acceptors (Lipinski definition) is 5. The van der Waals surface area contributed by atoms with Crippen LogP contribution in [-0.4, -0.2) is 40.8 Å². The van der Waals surface area contributed by atoms with E-state index in [1.165, 1.54) is 11.3 Å². The molecular weight excluding hydrogens is 388 g/mol. The summed E-state index contributed by atoms with van der Waals surface area (Å²) in [6.07, 6.45) is 1.95. The first-order valence-corrected chi connectivity index (χ1v) is 9.06. The van der Waals surface area contributed by atoms with Gasteiger partial charge in [-0.15, -0.1) is 23.7 Å². The number of sulfonamides is 1. The van der Waals surface area contributed by atoms with Crippen LogP contribution < -0.4 is 10.0 Å². The van der Waals surface area contributed by atoms with E-state index >= 15 is 0 Å². The van der Waals surface area contributed by atoms with Gasteiger partial charge in [0, 0.05) is 13.7 Å². The minimum absolute atomic E-state index is 0. The molecule has 1 aliphatic rings.